The zero-order valence-corrected chi connectivity index (χ0v) is 16.9. The number of carbonyl (C=O) groups excluding carboxylic acids is 1. The molecule has 7 nitrogen and oxygen atoms in total. The third kappa shape index (κ3) is 3.54. The first-order valence-corrected chi connectivity index (χ1v) is 10.3. The van der Waals surface area contributed by atoms with Gasteiger partial charge in [-0.25, -0.2) is 14.5 Å². The van der Waals surface area contributed by atoms with Crippen LogP contribution in [-0.4, -0.2) is 37.2 Å². The number of likely N-dealkylation sites (tertiary alicyclic amines) is 1. The van der Waals surface area contributed by atoms with Gasteiger partial charge in [0.25, 0.3) is 0 Å². The second-order valence-electron chi connectivity index (χ2n) is 7.77. The highest BCUT2D eigenvalue weighted by Gasteiger charge is 2.32. The molecule has 0 saturated carbocycles. The monoisotopic (exact) mass is 400 g/mol. The molecule has 0 aliphatic carbocycles. The molecule has 1 saturated heterocycles. The van der Waals surface area contributed by atoms with Gasteiger partial charge >= 0.3 is 6.03 Å². The van der Waals surface area contributed by atoms with E-state index in [-0.39, 0.29) is 12.1 Å². The Kier molecular flexibility index (Phi) is 4.71. The van der Waals surface area contributed by atoms with Crippen LogP contribution in [0.5, 0.6) is 0 Å². The zero-order valence-electron chi connectivity index (χ0n) is 16.9. The maximum atomic E-state index is 12.9. The van der Waals surface area contributed by atoms with Gasteiger partial charge in [-0.15, -0.1) is 0 Å². The summed E-state index contributed by atoms with van der Waals surface area (Å²) in [6.07, 6.45) is 5.55. The molecule has 0 spiro atoms. The molecule has 2 aromatic carbocycles. The van der Waals surface area contributed by atoms with E-state index in [1.54, 1.807) is 6.20 Å². The molecular weight excluding hydrogens is 376 g/mol. The van der Waals surface area contributed by atoms with Crippen molar-refractivity contribution < 1.29 is 4.79 Å². The maximum Gasteiger partial charge on any atom is 0.318 e. The third-order valence-electron chi connectivity index (χ3n) is 5.61. The molecule has 1 aliphatic rings. The van der Waals surface area contributed by atoms with Crippen molar-refractivity contribution in [1.82, 2.24) is 30.0 Å². The fourth-order valence-corrected chi connectivity index (χ4v) is 4.10. The number of imidazole rings is 1. The Morgan fingerprint density at radius 2 is 2.17 bits per heavy atom. The number of carbonyl (C=O) groups is 1. The quantitative estimate of drug-likeness (QED) is 0.541. The Morgan fingerprint density at radius 1 is 1.23 bits per heavy atom. The number of aromatic amines is 1. The van der Waals surface area contributed by atoms with Crippen LogP contribution >= 0.6 is 0 Å². The molecule has 2 amide bonds. The van der Waals surface area contributed by atoms with E-state index in [2.05, 4.69) is 34.5 Å². The lowest BCUT2D eigenvalue weighted by atomic mass is 10.2. The molecule has 0 bridgehead atoms. The van der Waals surface area contributed by atoms with Crippen LogP contribution in [0.2, 0.25) is 0 Å². The second-order valence-corrected chi connectivity index (χ2v) is 7.77. The lowest BCUT2D eigenvalue weighted by Crippen LogP contribution is -2.39. The number of fused-ring (bicyclic) bond motifs is 1. The number of aryl methyl sites for hydroxylation is 1. The molecule has 4 aromatic rings. The summed E-state index contributed by atoms with van der Waals surface area (Å²) in [5, 5.41) is 7.34. The molecule has 152 valence electrons. The molecule has 1 aliphatic heterocycles. The van der Waals surface area contributed by atoms with E-state index in [4.69, 9.17) is 4.98 Å². The van der Waals surface area contributed by atoms with Gasteiger partial charge in [-0.3, -0.25) is 0 Å². The number of nitrogens with one attached hydrogen (secondary N) is 2. The van der Waals surface area contributed by atoms with Crippen molar-refractivity contribution >= 4 is 17.1 Å². The van der Waals surface area contributed by atoms with Crippen LogP contribution in [0.25, 0.3) is 16.7 Å². The van der Waals surface area contributed by atoms with Crippen molar-refractivity contribution in [3.05, 3.63) is 77.9 Å². The summed E-state index contributed by atoms with van der Waals surface area (Å²) in [6.45, 7) is 3.27. The zero-order chi connectivity index (χ0) is 20.5. The van der Waals surface area contributed by atoms with Gasteiger partial charge < -0.3 is 15.2 Å². The molecule has 1 atom stereocenters. The molecule has 0 radical (unpaired) electrons. The standard InChI is InChI=1S/C23H24N6O/c1-16-8-9-19-20(13-16)27-22(26-19)21-7-3-11-28(21)23(30)24-15-17-5-2-6-18(14-17)29-12-4-10-25-29/h2,4-6,8-10,12-14,21H,3,7,11,15H2,1H3,(H,24,30)(H,26,27). The topological polar surface area (TPSA) is 78.8 Å². The van der Waals surface area contributed by atoms with E-state index in [1.807, 2.05) is 52.2 Å². The predicted molar refractivity (Wildman–Crippen MR) is 115 cm³/mol. The molecule has 7 heteroatoms. The van der Waals surface area contributed by atoms with Crippen LogP contribution < -0.4 is 5.32 Å². The minimum atomic E-state index is -0.0568. The largest absolute Gasteiger partial charge is 0.340 e. The first-order chi connectivity index (χ1) is 14.7. The first-order valence-electron chi connectivity index (χ1n) is 10.3. The lowest BCUT2D eigenvalue weighted by Gasteiger charge is -2.23. The number of hydrogen-bond acceptors (Lipinski definition) is 3. The summed E-state index contributed by atoms with van der Waals surface area (Å²) in [7, 11) is 0. The molecule has 30 heavy (non-hydrogen) atoms. The van der Waals surface area contributed by atoms with Gasteiger partial charge in [-0.2, -0.15) is 5.10 Å². The number of H-pyrrole nitrogens is 1. The van der Waals surface area contributed by atoms with E-state index >= 15 is 0 Å². The van der Waals surface area contributed by atoms with Crippen molar-refractivity contribution in [3.8, 4) is 5.69 Å². The molecule has 1 unspecified atom stereocenters. The van der Waals surface area contributed by atoms with Crippen LogP contribution in [0.1, 0.15) is 35.8 Å². The predicted octanol–water partition coefficient (Wildman–Crippen LogP) is 4.10. The van der Waals surface area contributed by atoms with Crippen molar-refractivity contribution in [3.63, 3.8) is 0 Å². The number of hydrogen-bond donors (Lipinski definition) is 2. The van der Waals surface area contributed by atoms with Crippen molar-refractivity contribution in [2.24, 2.45) is 0 Å². The molecule has 5 rings (SSSR count). The number of urea groups is 1. The summed E-state index contributed by atoms with van der Waals surface area (Å²) >= 11 is 0. The van der Waals surface area contributed by atoms with Crippen molar-refractivity contribution in [2.75, 3.05) is 6.54 Å². The number of rotatable bonds is 4. The van der Waals surface area contributed by atoms with Crippen LogP contribution in [0.15, 0.2) is 60.9 Å². The highest BCUT2D eigenvalue weighted by molar-refractivity contribution is 5.77. The highest BCUT2D eigenvalue weighted by atomic mass is 16.2. The van der Waals surface area contributed by atoms with Crippen LogP contribution in [0, 0.1) is 6.92 Å². The van der Waals surface area contributed by atoms with Gasteiger partial charge in [0.05, 0.1) is 22.8 Å². The smallest absolute Gasteiger partial charge is 0.318 e. The second kappa shape index (κ2) is 7.67. The average molecular weight is 400 g/mol. The van der Waals surface area contributed by atoms with Gasteiger partial charge in [0.15, 0.2) is 0 Å². The van der Waals surface area contributed by atoms with E-state index in [1.165, 1.54) is 5.56 Å². The minimum Gasteiger partial charge on any atom is -0.340 e. The van der Waals surface area contributed by atoms with Gasteiger partial charge in [-0.1, -0.05) is 18.2 Å². The summed E-state index contributed by atoms with van der Waals surface area (Å²) in [4.78, 5) is 23.0. The Hall–Kier alpha value is -3.61. The van der Waals surface area contributed by atoms with Crippen LogP contribution in [0.4, 0.5) is 4.79 Å². The fourth-order valence-electron chi connectivity index (χ4n) is 4.10. The van der Waals surface area contributed by atoms with Gasteiger partial charge in [0, 0.05) is 25.5 Å². The number of benzene rings is 2. The summed E-state index contributed by atoms with van der Waals surface area (Å²) < 4.78 is 1.81. The first kappa shape index (κ1) is 18.4. The van der Waals surface area contributed by atoms with Crippen LogP contribution in [-0.2, 0) is 6.54 Å². The fraction of sp³-hybridized carbons (Fsp3) is 0.261. The third-order valence-corrected chi connectivity index (χ3v) is 5.61. The Balaban J connectivity index is 1.29. The molecular formula is C23H24N6O. The SMILES string of the molecule is Cc1ccc2nc(C3CCCN3C(=O)NCc3cccc(-n4cccn4)c3)[nH]c2c1. The van der Waals surface area contributed by atoms with E-state index in [0.717, 1.165) is 47.5 Å². The lowest BCUT2D eigenvalue weighted by molar-refractivity contribution is 0.191. The van der Waals surface area contributed by atoms with Gasteiger partial charge in [0.2, 0.25) is 0 Å². The molecule has 2 N–H and O–H groups in total. The number of amides is 2. The molecule has 1 fully saturated rings. The van der Waals surface area contributed by atoms with Gasteiger partial charge in [0.1, 0.15) is 5.82 Å². The summed E-state index contributed by atoms with van der Waals surface area (Å²) in [6, 6.07) is 16.0. The number of nitrogens with zero attached hydrogens (tertiary/aromatic N) is 4. The van der Waals surface area contributed by atoms with Crippen LogP contribution in [0.3, 0.4) is 0 Å². The van der Waals surface area contributed by atoms with Crippen molar-refractivity contribution in [1.29, 1.82) is 0 Å². The summed E-state index contributed by atoms with van der Waals surface area (Å²) in [5.41, 5.74) is 5.16. The number of aromatic nitrogens is 4. The molecule has 3 heterocycles. The Labute approximate surface area is 174 Å². The highest BCUT2D eigenvalue weighted by Crippen LogP contribution is 2.31. The maximum absolute atomic E-state index is 12.9. The molecule has 2 aromatic heterocycles. The average Bonchev–Trinajstić information content (AvgIpc) is 3.51. The van der Waals surface area contributed by atoms with E-state index in [0.29, 0.717) is 6.54 Å². The van der Waals surface area contributed by atoms with E-state index < -0.39 is 0 Å². The minimum absolute atomic E-state index is 0.0203. The van der Waals surface area contributed by atoms with Crippen molar-refractivity contribution in [2.45, 2.75) is 32.4 Å². The van der Waals surface area contributed by atoms with Gasteiger partial charge in [-0.05, 0) is 61.2 Å². The Bertz CT molecular complexity index is 1180. The summed E-state index contributed by atoms with van der Waals surface area (Å²) in [5.74, 6) is 0.865. The normalized spacial score (nSPS) is 16.3. The Morgan fingerprint density at radius 3 is 3.03 bits per heavy atom. The van der Waals surface area contributed by atoms with E-state index in [9.17, 15) is 4.79 Å².